The maximum atomic E-state index is 12.9. The minimum atomic E-state index is 0.0407. The first-order chi connectivity index (χ1) is 14.9. The maximum Gasteiger partial charge on any atom is 0.234 e. The summed E-state index contributed by atoms with van der Waals surface area (Å²) in [5.41, 5.74) is 2.30. The molecule has 0 radical (unpaired) electrons. The fourth-order valence-corrected chi connectivity index (χ4v) is 4.94. The van der Waals surface area contributed by atoms with Gasteiger partial charge in [-0.1, -0.05) is 54.1 Å². The van der Waals surface area contributed by atoms with Gasteiger partial charge in [-0.25, -0.2) is 0 Å². The average Bonchev–Trinajstić information content (AvgIpc) is 2.75. The predicted octanol–water partition coefficient (Wildman–Crippen LogP) is 3.83. The quantitative estimate of drug-likeness (QED) is 0.651. The van der Waals surface area contributed by atoms with Crippen molar-refractivity contribution >= 4 is 35.2 Å². The highest BCUT2D eigenvalue weighted by Gasteiger charge is 2.24. The molecule has 0 spiro atoms. The van der Waals surface area contributed by atoms with E-state index in [9.17, 15) is 9.59 Å². The zero-order valence-corrected chi connectivity index (χ0v) is 19.7. The van der Waals surface area contributed by atoms with Crippen molar-refractivity contribution < 1.29 is 9.59 Å². The summed E-state index contributed by atoms with van der Waals surface area (Å²) in [6.45, 7) is 7.07. The van der Waals surface area contributed by atoms with Crippen molar-refractivity contribution in [2.24, 2.45) is 0 Å². The first-order valence-corrected chi connectivity index (χ1v) is 12.1. The van der Waals surface area contributed by atoms with E-state index < -0.39 is 0 Å². The highest BCUT2D eigenvalue weighted by molar-refractivity contribution is 8.00. The van der Waals surface area contributed by atoms with Gasteiger partial charge in [0.2, 0.25) is 11.8 Å². The number of thioether (sulfide) groups is 1. The molecule has 1 aliphatic rings. The second kappa shape index (κ2) is 11.6. The molecule has 5 nitrogen and oxygen atoms in total. The molecule has 1 saturated heterocycles. The van der Waals surface area contributed by atoms with E-state index in [4.69, 9.17) is 11.6 Å². The lowest BCUT2D eigenvalue weighted by molar-refractivity contribution is -0.130. The molecule has 0 aliphatic carbocycles. The van der Waals surface area contributed by atoms with E-state index in [1.807, 2.05) is 61.2 Å². The average molecular weight is 460 g/mol. The molecular weight excluding hydrogens is 430 g/mol. The third-order valence-corrected chi connectivity index (χ3v) is 6.73. The highest BCUT2D eigenvalue weighted by Crippen LogP contribution is 2.36. The van der Waals surface area contributed by atoms with E-state index in [-0.39, 0.29) is 23.1 Å². The molecule has 7 heteroatoms. The number of carbonyl (C=O) groups is 2. The van der Waals surface area contributed by atoms with Crippen molar-refractivity contribution in [3.63, 3.8) is 0 Å². The fraction of sp³-hybridized carbons (Fsp3) is 0.417. The molecule has 1 N–H and O–H groups in total. The number of rotatable bonds is 8. The van der Waals surface area contributed by atoms with E-state index >= 15 is 0 Å². The number of amides is 2. The number of nitrogens with one attached hydrogen (secondary N) is 1. The van der Waals surface area contributed by atoms with Crippen LogP contribution in [0.25, 0.3) is 0 Å². The monoisotopic (exact) mass is 459 g/mol. The second-order valence-electron chi connectivity index (χ2n) is 8.03. The number of hydrogen-bond acceptors (Lipinski definition) is 4. The summed E-state index contributed by atoms with van der Waals surface area (Å²) in [5.74, 6) is 0.598. The molecule has 2 aromatic rings. The fourth-order valence-electron chi connectivity index (χ4n) is 3.62. The Morgan fingerprint density at radius 3 is 2.19 bits per heavy atom. The third-order valence-electron chi connectivity index (χ3n) is 5.19. The number of hydrogen-bond donors (Lipinski definition) is 1. The highest BCUT2D eigenvalue weighted by atomic mass is 35.5. The van der Waals surface area contributed by atoms with Gasteiger partial charge in [-0.15, -0.1) is 11.8 Å². The van der Waals surface area contributed by atoms with Gasteiger partial charge in [0.05, 0.1) is 17.5 Å². The molecule has 0 aromatic heterocycles. The van der Waals surface area contributed by atoms with Crippen molar-refractivity contribution in [2.75, 3.05) is 38.5 Å². The molecule has 0 saturated carbocycles. The van der Waals surface area contributed by atoms with Crippen molar-refractivity contribution in [1.82, 2.24) is 15.1 Å². The second-order valence-corrected chi connectivity index (χ2v) is 9.56. The minimum absolute atomic E-state index is 0.0407. The first kappa shape index (κ1) is 23.6. The molecule has 31 heavy (non-hydrogen) atoms. The van der Waals surface area contributed by atoms with Crippen molar-refractivity contribution in [1.29, 1.82) is 0 Å². The van der Waals surface area contributed by atoms with Gasteiger partial charge in [0.15, 0.2) is 0 Å². The molecular formula is C24H30ClN3O2S. The molecule has 1 heterocycles. The number of benzene rings is 2. The lowest BCUT2D eigenvalue weighted by Gasteiger charge is -2.34. The molecule has 1 unspecified atom stereocenters. The standard InChI is InChI=1S/C24H30ClN3O2S/c1-18(2)26-22(29)16-27-12-14-28(15-13-27)23(30)17-31-24(19-6-4-3-5-7-19)20-8-10-21(25)11-9-20/h3-11,18,24H,12-17H2,1-2H3,(H,26,29). The van der Waals surface area contributed by atoms with Crippen LogP contribution in [0.2, 0.25) is 5.02 Å². The van der Waals surface area contributed by atoms with Crippen LogP contribution in [0.5, 0.6) is 0 Å². The topological polar surface area (TPSA) is 52.7 Å². The summed E-state index contributed by atoms with van der Waals surface area (Å²) < 4.78 is 0. The third kappa shape index (κ3) is 7.27. The number of halogens is 1. The van der Waals surface area contributed by atoms with Crippen LogP contribution in [0.15, 0.2) is 54.6 Å². The van der Waals surface area contributed by atoms with E-state index in [0.29, 0.717) is 30.4 Å². The molecule has 1 fully saturated rings. The number of carbonyl (C=O) groups excluding carboxylic acids is 2. The van der Waals surface area contributed by atoms with Crippen LogP contribution in [-0.2, 0) is 9.59 Å². The van der Waals surface area contributed by atoms with E-state index in [2.05, 4.69) is 22.3 Å². The van der Waals surface area contributed by atoms with E-state index in [0.717, 1.165) is 18.7 Å². The van der Waals surface area contributed by atoms with Crippen LogP contribution in [0, 0.1) is 0 Å². The maximum absolute atomic E-state index is 12.9. The zero-order valence-electron chi connectivity index (χ0n) is 18.1. The van der Waals surface area contributed by atoms with Gasteiger partial charge in [-0.2, -0.15) is 0 Å². The Morgan fingerprint density at radius 1 is 0.968 bits per heavy atom. The van der Waals surface area contributed by atoms with Gasteiger partial charge in [0.25, 0.3) is 0 Å². The van der Waals surface area contributed by atoms with Gasteiger partial charge in [-0.3, -0.25) is 14.5 Å². The summed E-state index contributed by atoms with van der Waals surface area (Å²) in [7, 11) is 0. The number of nitrogens with zero attached hydrogens (tertiary/aromatic N) is 2. The summed E-state index contributed by atoms with van der Waals surface area (Å²) in [6, 6.07) is 18.2. The Hall–Kier alpha value is -2.02. The normalized spacial score (nSPS) is 15.7. The Balaban J connectivity index is 1.54. The molecule has 2 aromatic carbocycles. The van der Waals surface area contributed by atoms with Gasteiger partial charge in [0.1, 0.15) is 0 Å². The summed E-state index contributed by atoms with van der Waals surface area (Å²) in [5, 5.41) is 3.70. The zero-order chi connectivity index (χ0) is 22.2. The van der Waals surface area contributed by atoms with Crippen LogP contribution in [0.4, 0.5) is 0 Å². The lowest BCUT2D eigenvalue weighted by atomic mass is 10.0. The Bertz CT molecular complexity index is 853. The van der Waals surface area contributed by atoms with Gasteiger partial charge in [-0.05, 0) is 37.1 Å². The Kier molecular flexibility index (Phi) is 8.81. The van der Waals surface area contributed by atoms with Crippen molar-refractivity contribution in [3.05, 3.63) is 70.7 Å². The van der Waals surface area contributed by atoms with Crippen LogP contribution < -0.4 is 5.32 Å². The largest absolute Gasteiger partial charge is 0.353 e. The predicted molar refractivity (Wildman–Crippen MR) is 128 cm³/mol. The lowest BCUT2D eigenvalue weighted by Crippen LogP contribution is -2.52. The van der Waals surface area contributed by atoms with Crippen LogP contribution in [0.1, 0.15) is 30.2 Å². The smallest absolute Gasteiger partial charge is 0.234 e. The summed E-state index contributed by atoms with van der Waals surface area (Å²) >= 11 is 7.70. The molecule has 0 bridgehead atoms. The summed E-state index contributed by atoms with van der Waals surface area (Å²) in [6.07, 6.45) is 0. The molecule has 2 amide bonds. The van der Waals surface area contributed by atoms with Crippen molar-refractivity contribution in [3.8, 4) is 0 Å². The van der Waals surface area contributed by atoms with Crippen molar-refractivity contribution in [2.45, 2.75) is 25.1 Å². The van der Waals surface area contributed by atoms with E-state index in [1.165, 1.54) is 5.56 Å². The Morgan fingerprint density at radius 2 is 1.58 bits per heavy atom. The first-order valence-electron chi connectivity index (χ1n) is 10.6. The molecule has 3 rings (SSSR count). The van der Waals surface area contributed by atoms with Crippen LogP contribution in [0.3, 0.4) is 0 Å². The van der Waals surface area contributed by atoms with Gasteiger partial charge >= 0.3 is 0 Å². The molecule has 166 valence electrons. The van der Waals surface area contributed by atoms with Crippen LogP contribution in [-0.4, -0.2) is 66.1 Å². The molecule has 1 aliphatic heterocycles. The molecule has 1 atom stereocenters. The SMILES string of the molecule is CC(C)NC(=O)CN1CCN(C(=O)CSC(c2ccccc2)c2ccc(Cl)cc2)CC1. The minimum Gasteiger partial charge on any atom is -0.353 e. The number of piperazine rings is 1. The summed E-state index contributed by atoms with van der Waals surface area (Å²) in [4.78, 5) is 28.9. The van der Waals surface area contributed by atoms with Gasteiger partial charge < -0.3 is 10.2 Å². The van der Waals surface area contributed by atoms with Crippen LogP contribution >= 0.6 is 23.4 Å². The Labute approximate surface area is 194 Å². The van der Waals surface area contributed by atoms with Gasteiger partial charge in [0, 0.05) is 37.2 Å². The van der Waals surface area contributed by atoms with E-state index in [1.54, 1.807) is 11.8 Å².